The Morgan fingerprint density at radius 3 is 2.24 bits per heavy atom. The van der Waals surface area contributed by atoms with E-state index in [1.165, 1.54) is 12.2 Å². The van der Waals surface area contributed by atoms with Gasteiger partial charge in [-0.25, -0.2) is 0 Å². The van der Waals surface area contributed by atoms with Crippen molar-refractivity contribution in [1.82, 2.24) is 5.32 Å². The molecule has 1 N–H and O–H groups in total. The summed E-state index contributed by atoms with van der Waals surface area (Å²) in [6.07, 6.45) is 4.86. The van der Waals surface area contributed by atoms with E-state index in [0.717, 1.165) is 12.8 Å². The van der Waals surface area contributed by atoms with Crippen LogP contribution in [0, 0.1) is 0 Å². The molecule has 0 fully saturated rings. The Kier molecular flexibility index (Phi) is 6.15. The summed E-state index contributed by atoms with van der Waals surface area (Å²) >= 11 is 0. The molecule has 0 saturated heterocycles. The molecule has 134 valence electrons. The second kappa shape index (κ2) is 8.12. The van der Waals surface area contributed by atoms with Gasteiger partial charge in [-0.3, -0.25) is 9.59 Å². The van der Waals surface area contributed by atoms with Gasteiger partial charge >= 0.3 is 0 Å². The second-order valence-corrected chi connectivity index (χ2v) is 6.12. The maximum atomic E-state index is 12.8. The largest absolute Gasteiger partial charge is 0.497 e. The molecule has 0 atom stereocenters. The molecule has 0 unspecified atom stereocenters. The average molecular weight is 343 g/mol. The fraction of sp³-hybridized carbons (Fsp3) is 0.400. The number of nitrogens with one attached hydrogen (secondary N) is 1. The van der Waals surface area contributed by atoms with E-state index in [2.05, 4.69) is 12.2 Å². The molecule has 0 bridgehead atoms. The van der Waals surface area contributed by atoms with Crippen LogP contribution in [0.1, 0.15) is 44.0 Å². The number of hydrogen-bond acceptors (Lipinski definition) is 4. The number of methoxy groups -OCH3 is 1. The number of rotatable bonds is 7. The van der Waals surface area contributed by atoms with Gasteiger partial charge in [0.1, 0.15) is 5.75 Å². The zero-order chi connectivity index (χ0) is 18.4. The van der Waals surface area contributed by atoms with Crippen molar-refractivity contribution in [3.05, 3.63) is 53.1 Å². The number of benzene rings is 1. The Hall–Kier alpha value is -2.40. The van der Waals surface area contributed by atoms with Crippen LogP contribution < -0.4 is 10.1 Å². The fourth-order valence-electron chi connectivity index (χ4n) is 2.79. The van der Waals surface area contributed by atoms with Crippen molar-refractivity contribution in [2.45, 2.75) is 39.3 Å². The second-order valence-electron chi connectivity index (χ2n) is 6.12. The minimum Gasteiger partial charge on any atom is -0.497 e. The van der Waals surface area contributed by atoms with Gasteiger partial charge in [-0.1, -0.05) is 13.3 Å². The minimum atomic E-state index is -1.08. The van der Waals surface area contributed by atoms with E-state index >= 15 is 0 Å². The fourth-order valence-corrected chi connectivity index (χ4v) is 2.79. The van der Waals surface area contributed by atoms with E-state index in [9.17, 15) is 9.59 Å². The van der Waals surface area contributed by atoms with Crippen LogP contribution in [0.25, 0.3) is 0 Å². The highest BCUT2D eigenvalue weighted by atomic mass is 16.5. The first-order chi connectivity index (χ1) is 11.9. The van der Waals surface area contributed by atoms with Crippen LogP contribution in [0.4, 0.5) is 0 Å². The molecule has 0 radical (unpaired) electrons. The van der Waals surface area contributed by atoms with Crippen molar-refractivity contribution in [2.75, 3.05) is 13.7 Å². The SMILES string of the molecule is CCCCOC1(NC(=O)c2ccc(OC)cc2)C(C)=CC(=O)C=C1C. The topological polar surface area (TPSA) is 64.6 Å². The molecule has 1 aromatic rings. The van der Waals surface area contributed by atoms with E-state index in [-0.39, 0.29) is 11.7 Å². The number of unbranched alkanes of at least 4 members (excludes halogenated alkanes) is 1. The summed E-state index contributed by atoms with van der Waals surface area (Å²) in [5.74, 6) is 0.318. The lowest BCUT2D eigenvalue weighted by atomic mass is 9.89. The Balaban J connectivity index is 2.29. The summed E-state index contributed by atoms with van der Waals surface area (Å²) in [5.41, 5.74) is 0.766. The lowest BCUT2D eigenvalue weighted by Crippen LogP contribution is -2.54. The van der Waals surface area contributed by atoms with E-state index < -0.39 is 5.72 Å². The molecule has 0 aliphatic heterocycles. The third-order valence-corrected chi connectivity index (χ3v) is 4.29. The molecule has 2 rings (SSSR count). The van der Waals surface area contributed by atoms with Crippen molar-refractivity contribution < 1.29 is 19.1 Å². The summed E-state index contributed by atoms with van der Waals surface area (Å²) in [6.45, 7) is 6.16. The summed E-state index contributed by atoms with van der Waals surface area (Å²) in [7, 11) is 1.58. The van der Waals surface area contributed by atoms with Crippen molar-refractivity contribution in [2.24, 2.45) is 0 Å². The van der Waals surface area contributed by atoms with Gasteiger partial charge in [0.2, 0.25) is 0 Å². The maximum absolute atomic E-state index is 12.8. The van der Waals surface area contributed by atoms with E-state index in [0.29, 0.717) is 29.1 Å². The summed E-state index contributed by atoms with van der Waals surface area (Å²) in [5, 5.41) is 2.97. The zero-order valence-corrected chi connectivity index (χ0v) is 15.2. The molecule has 1 amide bonds. The normalized spacial score (nSPS) is 16.1. The first kappa shape index (κ1) is 18.9. The zero-order valence-electron chi connectivity index (χ0n) is 15.2. The summed E-state index contributed by atoms with van der Waals surface area (Å²) in [4.78, 5) is 24.5. The van der Waals surface area contributed by atoms with Gasteiger partial charge in [-0.15, -0.1) is 0 Å². The van der Waals surface area contributed by atoms with Gasteiger partial charge in [0, 0.05) is 5.56 Å². The third kappa shape index (κ3) is 4.17. The van der Waals surface area contributed by atoms with Crippen molar-refractivity contribution in [1.29, 1.82) is 0 Å². The number of ketones is 1. The Morgan fingerprint density at radius 2 is 1.72 bits per heavy atom. The quantitative estimate of drug-likeness (QED) is 0.609. The number of hydrogen-bond donors (Lipinski definition) is 1. The molecule has 0 aromatic heterocycles. The van der Waals surface area contributed by atoms with Gasteiger partial charge in [-0.2, -0.15) is 0 Å². The van der Waals surface area contributed by atoms with Crippen LogP contribution in [0.5, 0.6) is 5.75 Å². The Labute approximate surface area is 148 Å². The number of carbonyl (C=O) groups excluding carboxylic acids is 2. The maximum Gasteiger partial charge on any atom is 0.253 e. The van der Waals surface area contributed by atoms with E-state index in [4.69, 9.17) is 9.47 Å². The molecule has 5 heteroatoms. The predicted octanol–water partition coefficient (Wildman–Crippen LogP) is 3.41. The summed E-state index contributed by atoms with van der Waals surface area (Å²) in [6, 6.07) is 6.85. The predicted molar refractivity (Wildman–Crippen MR) is 96.6 cm³/mol. The Morgan fingerprint density at radius 1 is 1.12 bits per heavy atom. The van der Waals surface area contributed by atoms with Crippen LogP contribution in [0.15, 0.2) is 47.6 Å². The molecule has 0 heterocycles. The molecule has 0 spiro atoms. The third-order valence-electron chi connectivity index (χ3n) is 4.29. The number of carbonyl (C=O) groups is 2. The average Bonchev–Trinajstić information content (AvgIpc) is 2.59. The molecule has 25 heavy (non-hydrogen) atoms. The molecular formula is C20H25NO4. The highest BCUT2D eigenvalue weighted by molar-refractivity contribution is 6.03. The van der Waals surface area contributed by atoms with Gasteiger partial charge in [0.15, 0.2) is 11.5 Å². The van der Waals surface area contributed by atoms with Crippen LogP contribution in [0.3, 0.4) is 0 Å². The molecule has 0 saturated carbocycles. The lowest BCUT2D eigenvalue weighted by Gasteiger charge is -2.38. The highest BCUT2D eigenvalue weighted by Crippen LogP contribution is 2.31. The van der Waals surface area contributed by atoms with Gasteiger partial charge < -0.3 is 14.8 Å². The molecule has 5 nitrogen and oxygen atoms in total. The van der Waals surface area contributed by atoms with Crippen LogP contribution in [-0.2, 0) is 9.53 Å². The van der Waals surface area contributed by atoms with E-state index in [1.807, 2.05) is 0 Å². The summed E-state index contributed by atoms with van der Waals surface area (Å²) < 4.78 is 11.2. The van der Waals surface area contributed by atoms with Crippen LogP contribution in [-0.4, -0.2) is 31.1 Å². The van der Waals surface area contributed by atoms with E-state index in [1.54, 1.807) is 45.2 Å². The standard InChI is InChI=1S/C20H25NO4/c1-5-6-11-25-20(14(2)12-17(22)13-15(20)3)21-19(23)16-7-9-18(24-4)10-8-16/h7-10,12-13H,5-6,11H2,1-4H3,(H,21,23). The van der Waals surface area contributed by atoms with Gasteiger partial charge in [0.25, 0.3) is 5.91 Å². The first-order valence-electron chi connectivity index (χ1n) is 8.45. The monoisotopic (exact) mass is 343 g/mol. The Bertz CT molecular complexity index is 679. The highest BCUT2D eigenvalue weighted by Gasteiger charge is 2.39. The molecule has 1 aliphatic rings. The smallest absolute Gasteiger partial charge is 0.253 e. The first-order valence-corrected chi connectivity index (χ1v) is 8.45. The van der Waals surface area contributed by atoms with Crippen molar-refractivity contribution in [3.8, 4) is 5.75 Å². The van der Waals surface area contributed by atoms with Crippen molar-refractivity contribution in [3.63, 3.8) is 0 Å². The minimum absolute atomic E-state index is 0.0941. The van der Waals surface area contributed by atoms with Gasteiger partial charge in [0.05, 0.1) is 13.7 Å². The van der Waals surface area contributed by atoms with Crippen molar-refractivity contribution >= 4 is 11.7 Å². The van der Waals surface area contributed by atoms with Crippen LogP contribution in [0.2, 0.25) is 0 Å². The number of allylic oxidation sites excluding steroid dienone is 2. The number of amides is 1. The van der Waals surface area contributed by atoms with Crippen LogP contribution >= 0.6 is 0 Å². The van der Waals surface area contributed by atoms with Gasteiger partial charge in [-0.05, 0) is 67.8 Å². The molecular weight excluding hydrogens is 318 g/mol. The lowest BCUT2D eigenvalue weighted by molar-refractivity contribution is -0.111. The molecule has 1 aromatic carbocycles. The molecule has 1 aliphatic carbocycles. The number of ether oxygens (including phenoxy) is 2.